The van der Waals surface area contributed by atoms with Gasteiger partial charge < -0.3 is 20.1 Å². The second-order valence-electron chi connectivity index (χ2n) is 8.66. The summed E-state index contributed by atoms with van der Waals surface area (Å²) in [5.74, 6) is -2.26. The van der Waals surface area contributed by atoms with Gasteiger partial charge in [0.05, 0.1) is 25.3 Å². The molecule has 0 spiro atoms. The molecule has 1 aromatic heterocycles. The number of nitrogen functional groups attached to an aromatic ring is 1. The number of esters is 1. The molecule has 0 radical (unpaired) electrons. The van der Waals surface area contributed by atoms with E-state index in [0.717, 1.165) is 46.9 Å². The number of nitrogens with zero attached hydrogens (tertiary/aromatic N) is 2. The molecular weight excluding hydrogens is 512 g/mol. The molecule has 0 aliphatic heterocycles. The van der Waals surface area contributed by atoms with Crippen LogP contribution in [-0.2, 0) is 22.6 Å². The Bertz CT molecular complexity index is 1240. The highest BCUT2D eigenvalue weighted by atomic mass is 32.1. The molecule has 0 saturated heterocycles. The van der Waals surface area contributed by atoms with Crippen LogP contribution < -0.4 is 10.6 Å². The molecule has 0 aliphatic rings. The predicted octanol–water partition coefficient (Wildman–Crippen LogP) is 6.46. The van der Waals surface area contributed by atoms with Crippen LogP contribution in [0.15, 0.2) is 42.5 Å². The monoisotopic (exact) mass is 545 g/mol. The van der Waals surface area contributed by atoms with Gasteiger partial charge in [0.1, 0.15) is 16.6 Å². The van der Waals surface area contributed by atoms with E-state index in [1.54, 1.807) is 26.0 Å². The molecule has 1 amide bonds. The zero-order valence-electron chi connectivity index (χ0n) is 22.1. The Morgan fingerprint density at radius 1 is 0.921 bits per heavy atom. The van der Waals surface area contributed by atoms with Crippen molar-refractivity contribution in [3.63, 3.8) is 0 Å². The lowest BCUT2D eigenvalue weighted by atomic mass is 10.0. The number of carbonyl (C=O) groups is 2. The fourth-order valence-electron chi connectivity index (χ4n) is 4.07. The second kappa shape index (κ2) is 13.3. The van der Waals surface area contributed by atoms with Gasteiger partial charge in [-0.1, -0.05) is 25.1 Å². The average molecular weight is 546 g/mol. The average Bonchev–Trinajstić information content (AvgIpc) is 3.23. The molecule has 0 unspecified atom stereocenters. The number of hydrogen-bond acceptors (Lipinski definition) is 7. The fourth-order valence-corrected chi connectivity index (χ4v) is 5.36. The van der Waals surface area contributed by atoms with Gasteiger partial charge in [0.2, 0.25) is 0 Å². The molecule has 0 fully saturated rings. The van der Waals surface area contributed by atoms with Gasteiger partial charge in [0, 0.05) is 28.2 Å². The van der Waals surface area contributed by atoms with Gasteiger partial charge in [0.25, 0.3) is 0 Å². The van der Waals surface area contributed by atoms with Crippen LogP contribution in [0.25, 0.3) is 10.4 Å². The Morgan fingerprint density at radius 2 is 1.55 bits per heavy atom. The molecule has 0 bridgehead atoms. The first-order valence-electron chi connectivity index (χ1n) is 12.5. The SMILES string of the molecule is CCCN(C)Cc1c(-c2ccc(N)cc2)sc(N(Cc2c(F)cccc2F)C(=O)OCC)c1C(=O)OCC. The number of hydrogen-bond donors (Lipinski definition) is 1. The lowest BCUT2D eigenvalue weighted by Gasteiger charge is -2.23. The van der Waals surface area contributed by atoms with Crippen molar-refractivity contribution in [1.29, 1.82) is 0 Å². The normalized spacial score (nSPS) is 11.0. The van der Waals surface area contributed by atoms with Crippen molar-refractivity contribution in [3.8, 4) is 10.4 Å². The topological polar surface area (TPSA) is 85.1 Å². The number of ether oxygens (including phenoxy) is 2. The van der Waals surface area contributed by atoms with Crippen molar-refractivity contribution in [2.75, 3.05) is 37.4 Å². The summed E-state index contributed by atoms with van der Waals surface area (Å²) >= 11 is 1.16. The summed E-state index contributed by atoms with van der Waals surface area (Å²) in [6.07, 6.45) is 0.0558. The quantitative estimate of drug-likeness (QED) is 0.220. The minimum atomic E-state index is -0.834. The molecule has 2 aromatic carbocycles. The highest BCUT2D eigenvalue weighted by Gasteiger charge is 2.33. The summed E-state index contributed by atoms with van der Waals surface area (Å²) in [5, 5.41) is 0.191. The number of halogens is 2. The maximum absolute atomic E-state index is 14.7. The van der Waals surface area contributed by atoms with E-state index in [9.17, 15) is 18.4 Å². The lowest BCUT2D eigenvalue weighted by Crippen LogP contribution is -2.32. The number of amides is 1. The number of carbonyl (C=O) groups excluding carboxylic acids is 2. The summed E-state index contributed by atoms with van der Waals surface area (Å²) in [7, 11) is 1.93. The third kappa shape index (κ3) is 6.68. The smallest absolute Gasteiger partial charge is 0.415 e. The van der Waals surface area contributed by atoms with Gasteiger partial charge in [0.15, 0.2) is 0 Å². The molecule has 0 aliphatic carbocycles. The van der Waals surface area contributed by atoms with E-state index in [4.69, 9.17) is 15.2 Å². The first kappa shape index (κ1) is 29.1. The van der Waals surface area contributed by atoms with Crippen molar-refractivity contribution in [1.82, 2.24) is 4.90 Å². The van der Waals surface area contributed by atoms with E-state index in [0.29, 0.717) is 22.7 Å². The van der Waals surface area contributed by atoms with Gasteiger partial charge in [-0.25, -0.2) is 18.4 Å². The molecule has 3 rings (SSSR count). The van der Waals surface area contributed by atoms with Gasteiger partial charge in [-0.3, -0.25) is 4.90 Å². The van der Waals surface area contributed by atoms with Crippen molar-refractivity contribution in [2.24, 2.45) is 0 Å². The summed E-state index contributed by atoms with van der Waals surface area (Å²) < 4.78 is 40.0. The van der Waals surface area contributed by atoms with Crippen LogP contribution in [0.1, 0.15) is 48.7 Å². The summed E-state index contributed by atoms with van der Waals surface area (Å²) in [5.41, 5.74) is 7.75. The minimum Gasteiger partial charge on any atom is -0.462 e. The van der Waals surface area contributed by atoms with Crippen molar-refractivity contribution in [2.45, 2.75) is 40.3 Å². The molecule has 38 heavy (non-hydrogen) atoms. The van der Waals surface area contributed by atoms with Crippen LogP contribution in [-0.4, -0.2) is 43.8 Å². The Hall–Kier alpha value is -3.50. The maximum Gasteiger partial charge on any atom is 0.415 e. The Labute approximate surface area is 225 Å². The number of thiophene rings is 1. The lowest BCUT2D eigenvalue weighted by molar-refractivity contribution is 0.0525. The zero-order valence-corrected chi connectivity index (χ0v) is 22.9. The van der Waals surface area contributed by atoms with E-state index in [2.05, 4.69) is 4.90 Å². The molecule has 0 saturated carbocycles. The molecule has 0 atom stereocenters. The predicted molar refractivity (Wildman–Crippen MR) is 146 cm³/mol. The molecule has 204 valence electrons. The van der Waals surface area contributed by atoms with Crippen LogP contribution >= 0.6 is 11.3 Å². The first-order valence-corrected chi connectivity index (χ1v) is 13.3. The Morgan fingerprint density at radius 3 is 2.13 bits per heavy atom. The highest BCUT2D eigenvalue weighted by Crippen LogP contribution is 2.44. The van der Waals surface area contributed by atoms with Gasteiger partial charge in [-0.05, 0) is 63.7 Å². The molecule has 10 heteroatoms. The minimum absolute atomic E-state index is 0.0338. The molecule has 1 heterocycles. The standard InChI is InChI=1S/C28H33F2N3O4S/c1-5-15-32(4)16-21-24(27(34)36-6-2)26(38-25(21)18-11-13-19(31)14-12-18)33(28(35)37-7-3)17-20-22(29)9-8-10-23(20)30/h8-14H,5-7,15-17,31H2,1-4H3. The number of rotatable bonds is 11. The van der Waals surface area contributed by atoms with E-state index in [1.165, 1.54) is 6.07 Å². The number of benzene rings is 2. The van der Waals surface area contributed by atoms with E-state index >= 15 is 0 Å². The van der Waals surface area contributed by atoms with E-state index in [1.807, 2.05) is 26.1 Å². The summed E-state index contributed by atoms with van der Waals surface area (Å²) in [6, 6.07) is 10.6. The van der Waals surface area contributed by atoms with Crippen molar-refractivity contribution >= 4 is 34.1 Å². The van der Waals surface area contributed by atoms with Crippen LogP contribution in [0.2, 0.25) is 0 Å². The van der Waals surface area contributed by atoms with Gasteiger partial charge in [-0.2, -0.15) is 0 Å². The number of nitrogens with two attached hydrogens (primary N) is 1. The Kier molecular flexibility index (Phi) is 10.2. The Balaban J connectivity index is 2.30. The highest BCUT2D eigenvalue weighted by molar-refractivity contribution is 7.20. The largest absolute Gasteiger partial charge is 0.462 e. The molecule has 3 aromatic rings. The third-order valence-electron chi connectivity index (χ3n) is 5.79. The van der Waals surface area contributed by atoms with Crippen molar-refractivity contribution in [3.05, 3.63) is 70.8 Å². The first-order chi connectivity index (χ1) is 18.2. The zero-order chi connectivity index (χ0) is 27.8. The van der Waals surface area contributed by atoms with Gasteiger partial charge >= 0.3 is 12.1 Å². The van der Waals surface area contributed by atoms with Crippen LogP contribution in [0.5, 0.6) is 0 Å². The van der Waals surface area contributed by atoms with Crippen LogP contribution in [0.3, 0.4) is 0 Å². The number of anilines is 2. The van der Waals surface area contributed by atoms with E-state index < -0.39 is 30.2 Å². The second-order valence-corrected chi connectivity index (χ2v) is 9.65. The van der Waals surface area contributed by atoms with Crippen LogP contribution in [0.4, 0.5) is 24.3 Å². The fraction of sp³-hybridized carbons (Fsp3) is 0.357. The van der Waals surface area contributed by atoms with Gasteiger partial charge in [-0.15, -0.1) is 11.3 Å². The van der Waals surface area contributed by atoms with Crippen LogP contribution in [0, 0.1) is 11.6 Å². The summed E-state index contributed by atoms with van der Waals surface area (Å²) in [4.78, 5) is 30.5. The molecule has 7 nitrogen and oxygen atoms in total. The van der Waals surface area contributed by atoms with Crippen molar-refractivity contribution < 1.29 is 27.8 Å². The maximum atomic E-state index is 14.7. The third-order valence-corrected chi connectivity index (χ3v) is 7.09. The summed E-state index contributed by atoms with van der Waals surface area (Å²) in [6.45, 7) is 6.17. The molecular formula is C28H33F2N3O4S. The van der Waals surface area contributed by atoms with E-state index in [-0.39, 0.29) is 29.3 Å². The molecule has 2 N–H and O–H groups in total.